The lowest BCUT2D eigenvalue weighted by Gasteiger charge is -2.39. The van der Waals surface area contributed by atoms with Gasteiger partial charge >= 0.3 is 0 Å². The molecule has 0 unspecified atom stereocenters. The van der Waals surface area contributed by atoms with E-state index in [0.717, 1.165) is 12.9 Å². The third-order valence-corrected chi connectivity index (χ3v) is 7.99. The van der Waals surface area contributed by atoms with E-state index in [-0.39, 0.29) is 18.0 Å². The van der Waals surface area contributed by atoms with Crippen LogP contribution in [0.1, 0.15) is 0 Å². The molecule has 11 nitrogen and oxygen atoms in total. The average Bonchev–Trinajstić information content (AvgIpc) is 2.66. The number of amides is 1. The van der Waals surface area contributed by atoms with Gasteiger partial charge in [0.1, 0.15) is 11.8 Å². The zero-order chi connectivity index (χ0) is 20.4. The highest BCUT2D eigenvalue weighted by Gasteiger charge is 2.43. The molecule has 1 aromatic carbocycles. The molecule has 0 bridgehead atoms. The van der Waals surface area contributed by atoms with E-state index in [1.54, 1.807) is 0 Å². The Morgan fingerprint density at radius 3 is 2.26 bits per heavy atom. The van der Waals surface area contributed by atoms with Crippen LogP contribution >= 0.6 is 0 Å². The summed E-state index contributed by atoms with van der Waals surface area (Å²) in [7, 11) is -3.86. The SMILES string of the molecule is COc1ccc(S(=O)(=O)N2CCN(S(=O)(=O)N(C)C)C[C@@H]2C(=O)NO)cc1. The predicted octanol–water partition coefficient (Wildman–Crippen LogP) is -1.32. The monoisotopic (exact) mass is 422 g/mol. The molecule has 1 heterocycles. The topological polar surface area (TPSA) is 137 Å². The molecule has 2 rings (SSSR count). The van der Waals surface area contributed by atoms with Crippen LogP contribution in [-0.4, -0.2) is 87.7 Å². The van der Waals surface area contributed by atoms with Gasteiger partial charge in [-0.15, -0.1) is 0 Å². The van der Waals surface area contributed by atoms with Gasteiger partial charge in [0.05, 0.1) is 12.0 Å². The molecule has 27 heavy (non-hydrogen) atoms. The van der Waals surface area contributed by atoms with Gasteiger partial charge in [-0.2, -0.15) is 21.3 Å². The van der Waals surface area contributed by atoms with Crippen LogP contribution in [0.15, 0.2) is 29.2 Å². The first-order valence-corrected chi connectivity index (χ1v) is 10.7. The summed E-state index contributed by atoms with van der Waals surface area (Å²) < 4.78 is 58.4. The largest absolute Gasteiger partial charge is 0.497 e. The normalized spacial score (nSPS) is 19.8. The van der Waals surface area contributed by atoms with Gasteiger partial charge in [0.25, 0.3) is 16.1 Å². The number of sulfonamides is 1. The number of hydrogen-bond donors (Lipinski definition) is 2. The van der Waals surface area contributed by atoms with Gasteiger partial charge in [-0.1, -0.05) is 0 Å². The van der Waals surface area contributed by atoms with Gasteiger partial charge in [-0.25, -0.2) is 13.9 Å². The number of nitrogens with zero attached hydrogens (tertiary/aromatic N) is 3. The molecule has 1 aromatic rings. The maximum absolute atomic E-state index is 13.0. The highest BCUT2D eigenvalue weighted by molar-refractivity contribution is 7.89. The summed E-state index contributed by atoms with van der Waals surface area (Å²) in [5.41, 5.74) is 1.41. The third-order valence-electron chi connectivity index (χ3n) is 4.16. The Bertz CT molecular complexity index is 885. The van der Waals surface area contributed by atoms with Gasteiger partial charge in [0, 0.05) is 33.7 Å². The van der Waals surface area contributed by atoms with Crippen molar-refractivity contribution in [1.29, 1.82) is 0 Å². The van der Waals surface area contributed by atoms with E-state index >= 15 is 0 Å². The average molecular weight is 422 g/mol. The quantitative estimate of drug-likeness (QED) is 0.429. The second-order valence-electron chi connectivity index (χ2n) is 5.93. The van der Waals surface area contributed by atoms with Crippen molar-refractivity contribution >= 4 is 26.1 Å². The molecule has 1 aliphatic rings. The molecule has 1 amide bonds. The highest BCUT2D eigenvalue weighted by atomic mass is 32.2. The van der Waals surface area contributed by atoms with Gasteiger partial charge in [0.2, 0.25) is 10.0 Å². The Morgan fingerprint density at radius 1 is 1.19 bits per heavy atom. The molecular formula is C14H22N4O7S2. The molecule has 0 aliphatic carbocycles. The Labute approximate surface area is 158 Å². The lowest BCUT2D eigenvalue weighted by atomic mass is 10.2. The first kappa shape index (κ1) is 21.5. The number of hydroxylamine groups is 1. The molecule has 152 valence electrons. The van der Waals surface area contributed by atoms with E-state index in [0.29, 0.717) is 5.75 Å². The van der Waals surface area contributed by atoms with Crippen molar-refractivity contribution in [2.75, 3.05) is 40.8 Å². The number of rotatable bonds is 6. The second kappa shape index (κ2) is 8.08. The van der Waals surface area contributed by atoms with Crippen molar-refractivity contribution in [3.05, 3.63) is 24.3 Å². The Hall–Kier alpha value is -1.77. The zero-order valence-electron chi connectivity index (χ0n) is 15.1. The second-order valence-corrected chi connectivity index (χ2v) is 9.96. The molecular weight excluding hydrogens is 400 g/mol. The number of methoxy groups -OCH3 is 1. The van der Waals surface area contributed by atoms with E-state index in [1.165, 1.54) is 51.0 Å². The molecule has 1 atom stereocenters. The minimum absolute atomic E-state index is 0.0806. The van der Waals surface area contributed by atoms with Crippen molar-refractivity contribution in [1.82, 2.24) is 18.4 Å². The summed E-state index contributed by atoms with van der Waals surface area (Å²) in [4.78, 5) is 12.0. The number of carbonyl (C=O) groups excluding carboxylic acids is 1. The van der Waals surface area contributed by atoms with Crippen molar-refractivity contribution in [3.63, 3.8) is 0 Å². The fraction of sp³-hybridized carbons (Fsp3) is 0.500. The Balaban J connectivity index is 2.38. The van der Waals surface area contributed by atoms with Crippen molar-refractivity contribution in [3.8, 4) is 5.75 Å². The lowest BCUT2D eigenvalue weighted by molar-refractivity contribution is -0.134. The zero-order valence-corrected chi connectivity index (χ0v) is 16.7. The number of carbonyl (C=O) groups is 1. The van der Waals surface area contributed by atoms with Crippen LogP contribution in [0.4, 0.5) is 0 Å². The molecule has 0 radical (unpaired) electrons. The Kier molecular flexibility index (Phi) is 6.44. The van der Waals surface area contributed by atoms with E-state index in [4.69, 9.17) is 9.94 Å². The molecule has 0 aromatic heterocycles. The maximum atomic E-state index is 13.0. The van der Waals surface area contributed by atoms with Gasteiger partial charge in [0.15, 0.2) is 0 Å². The van der Waals surface area contributed by atoms with Crippen LogP contribution in [0.2, 0.25) is 0 Å². The number of benzene rings is 1. The van der Waals surface area contributed by atoms with Crippen LogP contribution < -0.4 is 10.2 Å². The summed E-state index contributed by atoms with van der Waals surface area (Å²) in [5.74, 6) is -0.564. The van der Waals surface area contributed by atoms with E-state index in [9.17, 15) is 21.6 Å². The summed E-state index contributed by atoms with van der Waals surface area (Å²) in [6.45, 7) is -0.813. The summed E-state index contributed by atoms with van der Waals surface area (Å²) >= 11 is 0. The van der Waals surface area contributed by atoms with Crippen LogP contribution in [0, 0.1) is 0 Å². The molecule has 1 fully saturated rings. The van der Waals surface area contributed by atoms with E-state index < -0.39 is 38.7 Å². The minimum atomic E-state index is -4.11. The van der Waals surface area contributed by atoms with Gasteiger partial charge < -0.3 is 4.74 Å². The van der Waals surface area contributed by atoms with Crippen molar-refractivity contribution < 1.29 is 31.6 Å². The first-order valence-electron chi connectivity index (χ1n) is 7.83. The van der Waals surface area contributed by atoms with Crippen LogP contribution in [0.25, 0.3) is 0 Å². The number of piperazine rings is 1. The van der Waals surface area contributed by atoms with Crippen LogP contribution in [0.3, 0.4) is 0 Å². The van der Waals surface area contributed by atoms with E-state index in [1.807, 2.05) is 0 Å². The number of nitrogens with one attached hydrogen (secondary N) is 1. The smallest absolute Gasteiger partial charge is 0.281 e. The highest BCUT2D eigenvalue weighted by Crippen LogP contribution is 2.25. The third kappa shape index (κ3) is 4.23. The molecule has 1 aliphatic heterocycles. The summed E-state index contributed by atoms with van der Waals surface area (Å²) in [6, 6.07) is 4.14. The molecule has 0 saturated carbocycles. The van der Waals surface area contributed by atoms with Crippen molar-refractivity contribution in [2.24, 2.45) is 0 Å². The van der Waals surface area contributed by atoms with Crippen LogP contribution in [0.5, 0.6) is 5.75 Å². The fourth-order valence-electron chi connectivity index (χ4n) is 2.64. The fourth-order valence-corrected chi connectivity index (χ4v) is 5.31. The molecule has 1 saturated heterocycles. The lowest BCUT2D eigenvalue weighted by Crippen LogP contribution is -2.62. The minimum Gasteiger partial charge on any atom is -0.497 e. The number of ether oxygens (including phenoxy) is 1. The van der Waals surface area contributed by atoms with Gasteiger partial charge in [-0.05, 0) is 24.3 Å². The predicted molar refractivity (Wildman–Crippen MR) is 94.8 cm³/mol. The van der Waals surface area contributed by atoms with Crippen LogP contribution in [-0.2, 0) is 25.0 Å². The first-order chi connectivity index (χ1) is 12.6. The molecule has 2 N–H and O–H groups in total. The van der Waals surface area contributed by atoms with Gasteiger partial charge in [-0.3, -0.25) is 10.0 Å². The van der Waals surface area contributed by atoms with E-state index in [2.05, 4.69) is 0 Å². The molecule has 13 heteroatoms. The standard InChI is InChI=1S/C14H22N4O7S2/c1-16(2)27(23,24)17-8-9-18(13(10-17)14(19)15-20)26(21,22)12-6-4-11(25-3)5-7-12/h4-7,13,20H,8-10H2,1-3H3,(H,15,19)/t13-/m1/s1. The summed E-state index contributed by atoms with van der Waals surface area (Å²) in [6.07, 6.45) is 0. The molecule has 0 spiro atoms. The maximum Gasteiger partial charge on any atom is 0.281 e. The van der Waals surface area contributed by atoms with Crippen molar-refractivity contribution in [2.45, 2.75) is 10.9 Å². The Morgan fingerprint density at radius 2 is 1.78 bits per heavy atom. The summed E-state index contributed by atoms with van der Waals surface area (Å²) in [5, 5.41) is 8.99. The number of hydrogen-bond acceptors (Lipinski definition) is 7.